The molecule has 2 aliphatic rings. The van der Waals surface area contributed by atoms with E-state index < -0.39 is 35.6 Å². The fraction of sp³-hybridized carbons (Fsp3) is 0.667. The molecule has 4 unspecified atom stereocenters. The van der Waals surface area contributed by atoms with E-state index in [1.807, 2.05) is 0 Å². The summed E-state index contributed by atoms with van der Waals surface area (Å²) in [5.41, 5.74) is -1.45. The van der Waals surface area contributed by atoms with Crippen LogP contribution in [0.4, 0.5) is 0 Å². The molecule has 0 aliphatic carbocycles. The highest BCUT2D eigenvalue weighted by atomic mass is 31.2. The van der Waals surface area contributed by atoms with Crippen LogP contribution in [0.25, 0.3) is 0 Å². The van der Waals surface area contributed by atoms with Gasteiger partial charge in [-0.05, 0) is 6.92 Å². The molecule has 0 aromatic carbocycles. The molecule has 0 spiro atoms. The van der Waals surface area contributed by atoms with Gasteiger partial charge >= 0.3 is 11.9 Å². The predicted octanol–water partition coefficient (Wildman–Crippen LogP) is 0.0418. The molecule has 0 radical (unpaired) electrons. The topological polar surface area (TPSA) is 91.7 Å². The van der Waals surface area contributed by atoms with E-state index >= 15 is 0 Å². The second kappa shape index (κ2) is 1.59. The van der Waals surface area contributed by atoms with Crippen molar-refractivity contribution in [3.63, 3.8) is 0 Å². The standard InChI is InChI=1S/C6H7O5P/c1-6(5(9)10)3-2(4(7)8)12(3,6)11/h2-3H,1H3,(H,7,8)(H,9,10). The minimum absolute atomic E-state index is 0.583. The van der Waals surface area contributed by atoms with Gasteiger partial charge in [-0.1, -0.05) is 0 Å². The Hall–Kier alpha value is -0.830. The summed E-state index contributed by atoms with van der Waals surface area (Å²) < 4.78 is 11.5. The third-order valence-corrected chi connectivity index (χ3v) is 7.24. The van der Waals surface area contributed by atoms with Crippen LogP contribution in [0.5, 0.6) is 0 Å². The van der Waals surface area contributed by atoms with Crippen molar-refractivity contribution in [2.45, 2.75) is 23.4 Å². The summed E-state index contributed by atoms with van der Waals surface area (Å²) >= 11 is 0. The van der Waals surface area contributed by atoms with Gasteiger partial charge in [0, 0.05) is 0 Å². The number of carboxylic acids is 2. The highest BCUT2D eigenvalue weighted by Gasteiger charge is 2.98. The molecule has 2 heterocycles. The number of carbonyl (C=O) groups is 2. The Morgan fingerprint density at radius 3 is 2.08 bits per heavy atom. The van der Waals surface area contributed by atoms with Crippen LogP contribution in [0.2, 0.25) is 0 Å². The van der Waals surface area contributed by atoms with Gasteiger partial charge in [0.1, 0.15) is 18.0 Å². The minimum atomic E-state index is -2.87. The van der Waals surface area contributed by atoms with Crippen LogP contribution < -0.4 is 0 Å². The number of rotatable bonds is 2. The Kier molecular flexibility index (Phi) is 1.04. The van der Waals surface area contributed by atoms with Gasteiger partial charge < -0.3 is 14.8 Å². The summed E-state index contributed by atoms with van der Waals surface area (Å²) in [6.07, 6.45) is 0. The Morgan fingerprint density at radius 1 is 1.42 bits per heavy atom. The largest absolute Gasteiger partial charge is 0.481 e. The molecule has 2 aliphatic heterocycles. The summed E-state index contributed by atoms with van der Waals surface area (Å²) in [6.45, 7) is 1.36. The molecule has 66 valence electrons. The number of hydrogen-bond donors (Lipinski definition) is 2. The quantitative estimate of drug-likeness (QED) is 0.600. The van der Waals surface area contributed by atoms with Gasteiger partial charge in [0.15, 0.2) is 0 Å². The molecular weight excluding hydrogens is 183 g/mol. The van der Waals surface area contributed by atoms with Crippen LogP contribution in [0.15, 0.2) is 0 Å². The lowest BCUT2D eigenvalue weighted by molar-refractivity contribution is -0.139. The maximum atomic E-state index is 11.5. The molecule has 0 aromatic heterocycles. The summed E-state index contributed by atoms with van der Waals surface area (Å²) in [5, 5.41) is 15.9. The van der Waals surface area contributed by atoms with E-state index in [9.17, 15) is 14.2 Å². The molecule has 0 aromatic rings. The maximum Gasteiger partial charge on any atom is 0.317 e. The number of carboxylic acid groups (broad SMARTS) is 2. The Bertz CT molecular complexity index is 348. The molecule has 0 saturated carbocycles. The van der Waals surface area contributed by atoms with Crippen LogP contribution in [0.3, 0.4) is 0 Å². The molecule has 6 heteroatoms. The Labute approximate surface area is 67.8 Å². The molecule has 0 bridgehead atoms. The lowest BCUT2D eigenvalue weighted by atomic mass is 10.1. The lowest BCUT2D eigenvalue weighted by Gasteiger charge is -2.11. The lowest BCUT2D eigenvalue weighted by Crippen LogP contribution is -2.34. The molecule has 2 rings (SSSR count). The van der Waals surface area contributed by atoms with Crippen LogP contribution >= 0.6 is 7.14 Å². The maximum absolute atomic E-state index is 11.5. The van der Waals surface area contributed by atoms with Crippen molar-refractivity contribution < 1.29 is 24.4 Å². The van der Waals surface area contributed by atoms with Gasteiger partial charge in [0.2, 0.25) is 0 Å². The Morgan fingerprint density at radius 2 is 1.83 bits per heavy atom. The summed E-state index contributed by atoms with van der Waals surface area (Å²) in [6, 6.07) is 0. The first-order valence-electron chi connectivity index (χ1n) is 3.44. The monoisotopic (exact) mass is 190 g/mol. The van der Waals surface area contributed by atoms with E-state index in [4.69, 9.17) is 10.2 Å². The third-order valence-electron chi connectivity index (χ3n) is 2.96. The molecular formula is C6H7O5P. The smallest absolute Gasteiger partial charge is 0.317 e. The average Bonchev–Trinajstić information content (AvgIpc) is 2.69. The molecule has 0 amide bonds. The van der Waals surface area contributed by atoms with Crippen molar-refractivity contribution in [1.29, 1.82) is 0 Å². The second-order valence-electron chi connectivity index (χ2n) is 3.39. The van der Waals surface area contributed by atoms with E-state index in [0.29, 0.717) is 0 Å². The molecule has 5 nitrogen and oxygen atoms in total. The van der Waals surface area contributed by atoms with Gasteiger partial charge in [0.05, 0.1) is 5.66 Å². The fourth-order valence-electron chi connectivity index (χ4n) is 1.98. The summed E-state index contributed by atoms with van der Waals surface area (Å²) in [4.78, 5) is 20.9. The molecule has 2 fully saturated rings. The van der Waals surface area contributed by atoms with Crippen molar-refractivity contribution in [3.05, 3.63) is 0 Å². The highest BCUT2D eigenvalue weighted by molar-refractivity contribution is 7.86. The first-order chi connectivity index (χ1) is 5.38. The van der Waals surface area contributed by atoms with E-state index in [1.165, 1.54) is 6.92 Å². The van der Waals surface area contributed by atoms with Crippen molar-refractivity contribution in [3.8, 4) is 0 Å². The highest BCUT2D eigenvalue weighted by Crippen LogP contribution is 3.01. The van der Waals surface area contributed by atoms with E-state index in [0.717, 1.165) is 0 Å². The van der Waals surface area contributed by atoms with Gasteiger partial charge in [-0.3, -0.25) is 9.59 Å². The molecule has 4 atom stereocenters. The van der Waals surface area contributed by atoms with E-state index in [1.54, 1.807) is 0 Å². The third kappa shape index (κ3) is 0.468. The van der Waals surface area contributed by atoms with Crippen LogP contribution in [0.1, 0.15) is 6.92 Å². The van der Waals surface area contributed by atoms with Gasteiger partial charge in [-0.25, -0.2) is 0 Å². The van der Waals surface area contributed by atoms with E-state index in [-0.39, 0.29) is 0 Å². The van der Waals surface area contributed by atoms with Crippen molar-refractivity contribution >= 4 is 19.1 Å². The predicted molar refractivity (Wildman–Crippen MR) is 38.9 cm³/mol. The van der Waals surface area contributed by atoms with Crippen molar-refractivity contribution in [1.82, 2.24) is 0 Å². The number of fused-ring (bicyclic) bond motifs is 1. The van der Waals surface area contributed by atoms with Crippen LogP contribution in [-0.2, 0) is 14.2 Å². The minimum Gasteiger partial charge on any atom is -0.481 e. The van der Waals surface area contributed by atoms with Gasteiger partial charge in [0.25, 0.3) is 0 Å². The summed E-state index contributed by atoms with van der Waals surface area (Å²) in [5.74, 6) is -2.25. The first kappa shape index (κ1) is 7.80. The molecule has 12 heavy (non-hydrogen) atoms. The SMILES string of the molecule is CC1(C(=O)O)C2C(C(=O)O)P21=O. The average molecular weight is 190 g/mol. The van der Waals surface area contributed by atoms with E-state index in [2.05, 4.69) is 0 Å². The van der Waals surface area contributed by atoms with Gasteiger partial charge in [-0.2, -0.15) is 0 Å². The van der Waals surface area contributed by atoms with Crippen LogP contribution in [-0.4, -0.2) is 38.6 Å². The zero-order valence-corrected chi connectivity index (χ0v) is 7.12. The zero-order chi connectivity index (χ0) is 9.31. The Balaban J connectivity index is 2.25. The van der Waals surface area contributed by atoms with Crippen LogP contribution in [0, 0.1) is 0 Å². The normalized spacial score (nSPS) is 54.1. The van der Waals surface area contributed by atoms with Crippen molar-refractivity contribution in [2.24, 2.45) is 0 Å². The second-order valence-corrected chi connectivity index (χ2v) is 6.85. The summed E-state index contributed by atoms with van der Waals surface area (Å²) in [7, 11) is -2.87. The first-order valence-corrected chi connectivity index (χ1v) is 5.28. The fourth-order valence-corrected chi connectivity index (χ4v) is 6.11. The molecule has 2 N–H and O–H groups in total. The number of aliphatic carboxylic acids is 2. The molecule has 2 saturated heterocycles. The van der Waals surface area contributed by atoms with Gasteiger partial charge in [-0.15, -0.1) is 0 Å². The number of hydrogen-bond acceptors (Lipinski definition) is 3. The zero-order valence-electron chi connectivity index (χ0n) is 6.22. The van der Waals surface area contributed by atoms with Crippen molar-refractivity contribution in [2.75, 3.05) is 0 Å².